The molecule has 1 saturated heterocycles. The molecule has 0 aromatic heterocycles. The molecule has 1 aliphatic carbocycles. The molecule has 2 aliphatic rings. The van der Waals surface area contributed by atoms with Crippen molar-refractivity contribution in [3.8, 4) is 0 Å². The summed E-state index contributed by atoms with van der Waals surface area (Å²) in [6, 6.07) is 3.90. The van der Waals surface area contributed by atoms with Gasteiger partial charge in [-0.25, -0.2) is 8.78 Å². The van der Waals surface area contributed by atoms with Gasteiger partial charge in [-0.3, -0.25) is 4.79 Å². The maximum Gasteiger partial charge on any atom is 0.226 e. The van der Waals surface area contributed by atoms with Gasteiger partial charge in [0.2, 0.25) is 5.91 Å². The first-order valence-corrected chi connectivity index (χ1v) is 8.08. The van der Waals surface area contributed by atoms with Crippen LogP contribution in [0.5, 0.6) is 0 Å². The standard InChI is InChI=1S/C17H22F2N2O.ClH/c1-2-7-21(12-5-6-20-10-12)17(22)15-9-14(15)13-4-3-11(18)8-16(13)19;/h3-4,8,12,14-15,20H,2,5-7,9-10H2,1H3;1H. The van der Waals surface area contributed by atoms with Crippen LogP contribution in [0, 0.1) is 17.6 Å². The van der Waals surface area contributed by atoms with Gasteiger partial charge in [-0.1, -0.05) is 13.0 Å². The van der Waals surface area contributed by atoms with Crippen LogP contribution < -0.4 is 5.32 Å². The quantitative estimate of drug-likeness (QED) is 0.890. The van der Waals surface area contributed by atoms with Crippen molar-refractivity contribution in [3.63, 3.8) is 0 Å². The molecule has 3 atom stereocenters. The van der Waals surface area contributed by atoms with Crippen LogP contribution in [0.25, 0.3) is 0 Å². The molecule has 2 fully saturated rings. The van der Waals surface area contributed by atoms with Gasteiger partial charge in [0.15, 0.2) is 0 Å². The topological polar surface area (TPSA) is 32.3 Å². The lowest BCUT2D eigenvalue weighted by molar-refractivity contribution is -0.134. The number of amides is 1. The Morgan fingerprint density at radius 1 is 1.39 bits per heavy atom. The van der Waals surface area contributed by atoms with Gasteiger partial charge in [0.05, 0.1) is 0 Å². The fraction of sp³-hybridized carbons (Fsp3) is 0.588. The van der Waals surface area contributed by atoms with Gasteiger partial charge < -0.3 is 10.2 Å². The van der Waals surface area contributed by atoms with Crippen molar-refractivity contribution in [1.82, 2.24) is 10.2 Å². The maximum absolute atomic E-state index is 13.9. The molecule has 1 aromatic rings. The summed E-state index contributed by atoms with van der Waals surface area (Å²) in [4.78, 5) is 14.7. The molecule has 6 heteroatoms. The second kappa shape index (κ2) is 7.58. The number of rotatable bonds is 5. The van der Waals surface area contributed by atoms with E-state index in [4.69, 9.17) is 0 Å². The highest BCUT2D eigenvalue weighted by Crippen LogP contribution is 2.49. The van der Waals surface area contributed by atoms with Crippen molar-refractivity contribution in [2.45, 2.75) is 38.1 Å². The Bertz CT molecular complexity index is 564. The van der Waals surface area contributed by atoms with E-state index in [1.807, 2.05) is 4.90 Å². The van der Waals surface area contributed by atoms with Crippen molar-refractivity contribution in [2.24, 2.45) is 5.92 Å². The summed E-state index contributed by atoms with van der Waals surface area (Å²) in [5.74, 6) is -1.22. The van der Waals surface area contributed by atoms with E-state index in [-0.39, 0.29) is 36.2 Å². The van der Waals surface area contributed by atoms with E-state index in [9.17, 15) is 13.6 Å². The minimum atomic E-state index is -0.575. The molecule has 1 heterocycles. The molecular weight excluding hydrogens is 322 g/mol. The van der Waals surface area contributed by atoms with E-state index >= 15 is 0 Å². The van der Waals surface area contributed by atoms with Crippen molar-refractivity contribution in [1.29, 1.82) is 0 Å². The Hall–Kier alpha value is -1.20. The third-order valence-electron chi connectivity index (χ3n) is 4.69. The molecule has 1 aromatic carbocycles. The smallest absolute Gasteiger partial charge is 0.226 e. The lowest BCUT2D eigenvalue weighted by atomic mass is 10.1. The van der Waals surface area contributed by atoms with E-state index in [2.05, 4.69) is 12.2 Å². The fourth-order valence-electron chi connectivity index (χ4n) is 3.45. The molecule has 0 spiro atoms. The van der Waals surface area contributed by atoms with Crippen molar-refractivity contribution < 1.29 is 13.6 Å². The number of carbonyl (C=O) groups excluding carboxylic acids is 1. The van der Waals surface area contributed by atoms with Crippen LogP contribution in [0.4, 0.5) is 8.78 Å². The van der Waals surface area contributed by atoms with Gasteiger partial charge >= 0.3 is 0 Å². The van der Waals surface area contributed by atoms with E-state index < -0.39 is 11.6 Å². The van der Waals surface area contributed by atoms with Crippen LogP contribution >= 0.6 is 12.4 Å². The SMILES string of the molecule is CCCN(C(=O)C1CC1c1ccc(F)cc1F)C1CCNC1.Cl. The lowest BCUT2D eigenvalue weighted by Crippen LogP contribution is -2.43. The Morgan fingerprint density at radius 2 is 2.17 bits per heavy atom. The molecule has 3 unspecified atom stereocenters. The second-order valence-electron chi connectivity index (χ2n) is 6.29. The number of carbonyl (C=O) groups is 1. The first kappa shape index (κ1) is 18.1. The van der Waals surface area contributed by atoms with Crippen molar-refractivity contribution >= 4 is 18.3 Å². The normalized spacial score (nSPS) is 25.8. The molecule has 3 rings (SSSR count). The number of nitrogens with zero attached hydrogens (tertiary/aromatic N) is 1. The van der Waals surface area contributed by atoms with E-state index in [0.29, 0.717) is 12.0 Å². The summed E-state index contributed by atoms with van der Waals surface area (Å²) in [6.07, 6.45) is 2.57. The van der Waals surface area contributed by atoms with Crippen LogP contribution in [0.2, 0.25) is 0 Å². The van der Waals surface area contributed by atoms with Crippen LogP contribution in [-0.4, -0.2) is 36.5 Å². The van der Waals surface area contributed by atoms with Gasteiger partial charge in [0.25, 0.3) is 0 Å². The number of hydrogen-bond donors (Lipinski definition) is 1. The molecule has 1 saturated carbocycles. The zero-order valence-corrected chi connectivity index (χ0v) is 14.0. The molecule has 0 bridgehead atoms. The molecule has 128 valence electrons. The largest absolute Gasteiger partial charge is 0.338 e. The van der Waals surface area contributed by atoms with Gasteiger partial charge in [0, 0.05) is 31.1 Å². The summed E-state index contributed by atoms with van der Waals surface area (Å²) in [7, 11) is 0. The average molecular weight is 345 g/mol. The van der Waals surface area contributed by atoms with E-state index in [0.717, 1.165) is 38.5 Å². The number of nitrogens with one attached hydrogen (secondary N) is 1. The highest BCUT2D eigenvalue weighted by Gasteiger charge is 2.47. The van der Waals surface area contributed by atoms with Crippen LogP contribution in [0.1, 0.15) is 37.7 Å². The van der Waals surface area contributed by atoms with Crippen molar-refractivity contribution in [3.05, 3.63) is 35.4 Å². The molecule has 1 N–H and O–H groups in total. The summed E-state index contributed by atoms with van der Waals surface area (Å²) in [6.45, 7) is 4.60. The molecule has 1 aliphatic heterocycles. The molecule has 1 amide bonds. The van der Waals surface area contributed by atoms with Crippen LogP contribution in [0.3, 0.4) is 0 Å². The van der Waals surface area contributed by atoms with Gasteiger partial charge in [-0.2, -0.15) is 0 Å². The third-order valence-corrected chi connectivity index (χ3v) is 4.69. The zero-order chi connectivity index (χ0) is 15.7. The molecular formula is C17H23ClF2N2O. The number of benzene rings is 1. The Labute approximate surface area is 141 Å². The minimum Gasteiger partial charge on any atom is -0.338 e. The summed E-state index contributed by atoms with van der Waals surface area (Å²) in [5, 5.41) is 3.29. The van der Waals surface area contributed by atoms with E-state index in [1.165, 1.54) is 12.1 Å². The van der Waals surface area contributed by atoms with Gasteiger partial charge in [-0.15, -0.1) is 12.4 Å². The zero-order valence-electron chi connectivity index (χ0n) is 13.2. The maximum atomic E-state index is 13.9. The third kappa shape index (κ3) is 3.83. The predicted octanol–water partition coefficient (Wildman–Crippen LogP) is 3.09. The number of halogens is 3. The highest BCUT2D eigenvalue weighted by atomic mass is 35.5. The number of hydrogen-bond acceptors (Lipinski definition) is 2. The lowest BCUT2D eigenvalue weighted by Gasteiger charge is -2.28. The Kier molecular flexibility index (Phi) is 5.98. The van der Waals surface area contributed by atoms with E-state index in [1.54, 1.807) is 0 Å². The van der Waals surface area contributed by atoms with Gasteiger partial charge in [0.1, 0.15) is 11.6 Å². The monoisotopic (exact) mass is 344 g/mol. The summed E-state index contributed by atoms with van der Waals surface area (Å²) < 4.78 is 26.9. The first-order chi connectivity index (χ1) is 10.6. The first-order valence-electron chi connectivity index (χ1n) is 8.08. The Balaban J connectivity index is 0.00000192. The molecule has 0 radical (unpaired) electrons. The highest BCUT2D eigenvalue weighted by molar-refractivity contribution is 5.85. The summed E-state index contributed by atoms with van der Waals surface area (Å²) >= 11 is 0. The average Bonchev–Trinajstić information content (AvgIpc) is 3.08. The Morgan fingerprint density at radius 3 is 2.78 bits per heavy atom. The summed E-state index contributed by atoms with van der Waals surface area (Å²) in [5.41, 5.74) is 0.473. The molecule has 3 nitrogen and oxygen atoms in total. The second-order valence-corrected chi connectivity index (χ2v) is 6.29. The fourth-order valence-corrected chi connectivity index (χ4v) is 3.45. The van der Waals surface area contributed by atoms with Crippen molar-refractivity contribution in [2.75, 3.05) is 19.6 Å². The predicted molar refractivity (Wildman–Crippen MR) is 87.7 cm³/mol. The van der Waals surface area contributed by atoms with Crippen LogP contribution in [-0.2, 0) is 4.79 Å². The minimum absolute atomic E-state index is 0. The van der Waals surface area contributed by atoms with Crippen LogP contribution in [0.15, 0.2) is 18.2 Å². The van der Waals surface area contributed by atoms with Gasteiger partial charge in [-0.05, 0) is 43.4 Å². The molecule has 23 heavy (non-hydrogen) atoms.